The first-order chi connectivity index (χ1) is 12.0. The number of unbranched alkanes of at least 4 members (excludes halogenated alkanes) is 1. The standard InChI is InChI=1S/C19H36F3NO2SSi/c1-17(2,3)26(24)23-16(13-14-19(20,21)22)12-10-9-11-15-25-27(7,8)18(4,5)6/h16,23H,9,11,13-15H2,1-8H3/t16-,26+/m1/s1. The van der Waals surface area contributed by atoms with Crippen molar-refractivity contribution in [2.24, 2.45) is 0 Å². The molecule has 2 atom stereocenters. The molecule has 0 radical (unpaired) electrons. The SMILES string of the molecule is CC(C)(C)[S@+]([O-])N[C@H](C#CCCCO[Si](C)(C)C(C)(C)C)CCC(F)(F)F. The van der Waals surface area contributed by atoms with Crippen LogP contribution < -0.4 is 4.72 Å². The quantitative estimate of drug-likeness (QED) is 0.239. The molecule has 3 nitrogen and oxygen atoms in total. The second-order valence-electron chi connectivity index (χ2n) is 9.24. The number of halogens is 3. The lowest BCUT2D eigenvalue weighted by Crippen LogP contribution is -2.44. The molecule has 0 spiro atoms. The first-order valence-corrected chi connectivity index (χ1v) is 13.4. The largest absolute Gasteiger partial charge is 0.598 e. The lowest BCUT2D eigenvalue weighted by molar-refractivity contribution is -0.135. The van der Waals surface area contributed by atoms with Gasteiger partial charge >= 0.3 is 6.18 Å². The summed E-state index contributed by atoms with van der Waals surface area (Å²) in [5.74, 6) is 5.75. The van der Waals surface area contributed by atoms with Gasteiger partial charge in [0.15, 0.2) is 8.32 Å². The molecule has 0 saturated carbocycles. The summed E-state index contributed by atoms with van der Waals surface area (Å²) in [6.45, 7) is 16.8. The summed E-state index contributed by atoms with van der Waals surface area (Å²) in [7, 11) is -1.79. The highest BCUT2D eigenvalue weighted by atomic mass is 32.2. The Labute approximate surface area is 167 Å². The molecule has 0 aromatic rings. The van der Waals surface area contributed by atoms with Crippen LogP contribution in [0, 0.1) is 11.8 Å². The van der Waals surface area contributed by atoms with E-state index in [0.717, 1.165) is 6.42 Å². The average Bonchev–Trinajstić information content (AvgIpc) is 2.44. The van der Waals surface area contributed by atoms with Gasteiger partial charge in [0.1, 0.15) is 10.8 Å². The summed E-state index contributed by atoms with van der Waals surface area (Å²) in [5.41, 5.74) is 0. The highest BCUT2D eigenvalue weighted by Gasteiger charge is 2.36. The zero-order valence-corrected chi connectivity index (χ0v) is 19.8. The molecule has 0 aliphatic rings. The van der Waals surface area contributed by atoms with E-state index in [1.807, 2.05) is 0 Å². The topological polar surface area (TPSA) is 44.3 Å². The number of nitrogens with one attached hydrogen (secondary N) is 1. The van der Waals surface area contributed by atoms with Gasteiger partial charge in [0.25, 0.3) is 0 Å². The summed E-state index contributed by atoms with van der Waals surface area (Å²) in [4.78, 5) is 0. The molecule has 0 rings (SSSR count). The predicted octanol–water partition coefficient (Wildman–Crippen LogP) is 5.55. The zero-order chi connectivity index (χ0) is 21.5. The smallest absolute Gasteiger partial charge is 0.389 e. The molecule has 1 N–H and O–H groups in total. The molecule has 0 aromatic carbocycles. The Balaban J connectivity index is 4.63. The number of rotatable bonds is 8. The highest BCUT2D eigenvalue weighted by molar-refractivity contribution is 7.90. The fourth-order valence-corrected chi connectivity index (χ4v) is 3.55. The minimum Gasteiger partial charge on any atom is -0.598 e. The first-order valence-electron chi connectivity index (χ1n) is 9.33. The maximum absolute atomic E-state index is 12.5. The van der Waals surface area contributed by atoms with E-state index >= 15 is 0 Å². The van der Waals surface area contributed by atoms with E-state index in [1.165, 1.54) is 0 Å². The van der Waals surface area contributed by atoms with E-state index in [4.69, 9.17) is 4.43 Å². The van der Waals surface area contributed by atoms with Crippen LogP contribution in [0.15, 0.2) is 0 Å². The van der Waals surface area contributed by atoms with Crippen molar-refractivity contribution < 1.29 is 22.2 Å². The third kappa shape index (κ3) is 12.1. The van der Waals surface area contributed by atoms with Crippen LogP contribution in [0.1, 0.15) is 67.2 Å². The van der Waals surface area contributed by atoms with Crippen LogP contribution in [-0.2, 0) is 15.8 Å². The normalized spacial score (nSPS) is 15.9. The van der Waals surface area contributed by atoms with Crippen molar-refractivity contribution >= 4 is 19.7 Å². The van der Waals surface area contributed by atoms with Gasteiger partial charge in [-0.15, -0.1) is 10.6 Å². The Morgan fingerprint density at radius 2 is 1.67 bits per heavy atom. The van der Waals surface area contributed by atoms with Crippen molar-refractivity contribution in [1.82, 2.24) is 4.72 Å². The second kappa shape index (κ2) is 10.5. The van der Waals surface area contributed by atoms with Gasteiger partial charge < -0.3 is 8.98 Å². The van der Waals surface area contributed by atoms with E-state index in [9.17, 15) is 17.7 Å². The van der Waals surface area contributed by atoms with Crippen molar-refractivity contribution in [3.05, 3.63) is 0 Å². The lowest BCUT2D eigenvalue weighted by atomic mass is 10.1. The fraction of sp³-hybridized carbons (Fsp3) is 0.895. The maximum atomic E-state index is 12.5. The minimum absolute atomic E-state index is 0.141. The maximum Gasteiger partial charge on any atom is 0.389 e. The van der Waals surface area contributed by atoms with Gasteiger partial charge in [-0.2, -0.15) is 13.2 Å². The van der Waals surface area contributed by atoms with E-state index in [2.05, 4.69) is 50.4 Å². The number of hydrogen-bond acceptors (Lipinski definition) is 3. The van der Waals surface area contributed by atoms with Crippen molar-refractivity contribution in [2.45, 2.75) is 102 Å². The third-order valence-corrected chi connectivity index (χ3v) is 10.7. The minimum atomic E-state index is -4.25. The average molecular weight is 428 g/mol. The number of hydrogen-bond donors (Lipinski definition) is 1. The van der Waals surface area contributed by atoms with E-state index in [0.29, 0.717) is 13.0 Å². The molecule has 0 amide bonds. The molecule has 0 heterocycles. The lowest BCUT2D eigenvalue weighted by Gasteiger charge is -2.36. The van der Waals surface area contributed by atoms with Gasteiger partial charge in [0, 0.05) is 30.8 Å². The highest BCUT2D eigenvalue weighted by Crippen LogP contribution is 2.36. The van der Waals surface area contributed by atoms with Crippen molar-refractivity contribution in [3.63, 3.8) is 0 Å². The molecule has 160 valence electrons. The van der Waals surface area contributed by atoms with E-state index in [-0.39, 0.29) is 11.5 Å². The van der Waals surface area contributed by atoms with Gasteiger partial charge in [-0.3, -0.25) is 0 Å². The Bertz CT molecular complexity index is 502. The predicted molar refractivity (Wildman–Crippen MR) is 110 cm³/mol. The van der Waals surface area contributed by atoms with Crippen LogP contribution in [0.25, 0.3) is 0 Å². The van der Waals surface area contributed by atoms with Crippen LogP contribution in [0.5, 0.6) is 0 Å². The molecule has 27 heavy (non-hydrogen) atoms. The molecule has 0 aromatic heterocycles. The fourth-order valence-electron chi connectivity index (χ4n) is 1.67. The summed E-state index contributed by atoms with van der Waals surface area (Å²) in [6, 6.07) is -0.743. The summed E-state index contributed by atoms with van der Waals surface area (Å²) in [5, 5.41) is 0.141. The van der Waals surface area contributed by atoms with Gasteiger partial charge in [-0.05, 0) is 51.7 Å². The van der Waals surface area contributed by atoms with E-state index in [1.54, 1.807) is 20.8 Å². The first kappa shape index (κ1) is 26.8. The molecule has 0 aliphatic heterocycles. The van der Waals surface area contributed by atoms with Gasteiger partial charge in [0.2, 0.25) is 0 Å². The Kier molecular flexibility index (Phi) is 10.5. The van der Waals surface area contributed by atoms with Gasteiger partial charge in [-0.25, -0.2) is 0 Å². The molecular formula is C19H36F3NO2SSi. The molecule has 0 fully saturated rings. The monoisotopic (exact) mass is 427 g/mol. The van der Waals surface area contributed by atoms with Crippen molar-refractivity contribution in [3.8, 4) is 11.8 Å². The third-order valence-electron chi connectivity index (χ3n) is 4.51. The molecule has 0 unspecified atom stereocenters. The van der Waals surface area contributed by atoms with Crippen LogP contribution in [0.2, 0.25) is 18.1 Å². The zero-order valence-electron chi connectivity index (χ0n) is 18.0. The molecular weight excluding hydrogens is 391 g/mol. The van der Waals surface area contributed by atoms with Crippen LogP contribution in [0.4, 0.5) is 13.2 Å². The Morgan fingerprint density at radius 1 is 1.11 bits per heavy atom. The Morgan fingerprint density at radius 3 is 2.11 bits per heavy atom. The molecule has 8 heteroatoms. The molecule has 0 aliphatic carbocycles. The van der Waals surface area contributed by atoms with Gasteiger partial charge in [0.05, 0.1) is 0 Å². The molecule has 0 saturated heterocycles. The van der Waals surface area contributed by atoms with Crippen molar-refractivity contribution in [1.29, 1.82) is 0 Å². The summed E-state index contributed by atoms with van der Waals surface area (Å²) in [6.07, 6.45) is -4.13. The van der Waals surface area contributed by atoms with Gasteiger partial charge in [-0.1, -0.05) is 26.7 Å². The Hall–Kier alpha value is -0.203. The summed E-state index contributed by atoms with van der Waals surface area (Å²) >= 11 is -1.47. The number of alkyl halides is 3. The van der Waals surface area contributed by atoms with Crippen LogP contribution >= 0.6 is 0 Å². The summed E-state index contributed by atoms with van der Waals surface area (Å²) < 4.78 is 58.0. The second-order valence-corrected chi connectivity index (χ2v) is 16.0. The van der Waals surface area contributed by atoms with E-state index < -0.39 is 43.1 Å². The van der Waals surface area contributed by atoms with Crippen LogP contribution in [-0.4, -0.2) is 36.4 Å². The van der Waals surface area contributed by atoms with Crippen molar-refractivity contribution in [2.75, 3.05) is 6.61 Å². The molecule has 0 bridgehead atoms. The van der Waals surface area contributed by atoms with Crippen LogP contribution in [0.3, 0.4) is 0 Å².